The fraction of sp³-hybridized carbons (Fsp3) is 0.462. The van der Waals surface area contributed by atoms with Gasteiger partial charge >= 0.3 is 0 Å². The molecule has 0 heterocycles. The van der Waals surface area contributed by atoms with Crippen molar-refractivity contribution in [2.75, 3.05) is 25.1 Å². The molecular weight excluding hydrogens is 236 g/mol. The van der Waals surface area contributed by atoms with Gasteiger partial charge in [-0.3, -0.25) is 0 Å². The normalized spacial score (nSPS) is 10.0. The molecule has 0 amide bonds. The number of hydrogen-bond acceptors (Lipinski definition) is 3. The highest BCUT2D eigenvalue weighted by atomic mass is 35.5. The first-order valence-electron chi connectivity index (χ1n) is 5.70. The van der Waals surface area contributed by atoms with E-state index in [-0.39, 0.29) is 6.61 Å². The smallest absolute Gasteiger partial charge is 0.0992 e. The molecule has 0 aliphatic carbocycles. The zero-order chi connectivity index (χ0) is 12.7. The largest absolute Gasteiger partial charge is 0.396 e. The predicted molar refractivity (Wildman–Crippen MR) is 70.4 cm³/mol. The number of aliphatic hydroxyl groups excluding tert-OH is 1. The van der Waals surface area contributed by atoms with E-state index in [9.17, 15) is 0 Å². The van der Waals surface area contributed by atoms with Gasteiger partial charge in [0.2, 0.25) is 0 Å². The minimum absolute atomic E-state index is 0.251. The lowest BCUT2D eigenvalue weighted by atomic mass is 10.2. The van der Waals surface area contributed by atoms with Crippen LogP contribution in [0.25, 0.3) is 0 Å². The third kappa shape index (κ3) is 4.26. The van der Waals surface area contributed by atoms with Gasteiger partial charge in [-0.05, 0) is 37.5 Å². The Morgan fingerprint density at radius 2 is 2.12 bits per heavy atom. The molecule has 0 saturated carbocycles. The molecule has 0 radical (unpaired) electrons. The average molecular weight is 253 g/mol. The van der Waals surface area contributed by atoms with Crippen LogP contribution in [0.2, 0.25) is 5.02 Å². The number of benzene rings is 1. The summed E-state index contributed by atoms with van der Waals surface area (Å²) in [6.07, 6.45) is 2.87. The van der Waals surface area contributed by atoms with Gasteiger partial charge in [0.1, 0.15) is 0 Å². The number of unbranched alkanes of at least 4 members (excludes halogenated alkanes) is 2. The highest BCUT2D eigenvalue weighted by Gasteiger charge is 2.06. The molecule has 0 aromatic heterocycles. The van der Waals surface area contributed by atoms with Crippen molar-refractivity contribution in [2.24, 2.45) is 0 Å². The summed E-state index contributed by atoms with van der Waals surface area (Å²) in [5.41, 5.74) is 1.52. The molecule has 0 aliphatic rings. The minimum atomic E-state index is 0.251. The summed E-state index contributed by atoms with van der Waals surface area (Å²) in [6, 6.07) is 7.38. The van der Waals surface area contributed by atoms with E-state index in [4.69, 9.17) is 22.0 Å². The van der Waals surface area contributed by atoms with E-state index >= 15 is 0 Å². The molecule has 0 atom stereocenters. The Hall–Kier alpha value is -1.24. The highest BCUT2D eigenvalue weighted by molar-refractivity contribution is 6.33. The topological polar surface area (TPSA) is 47.3 Å². The Kier molecular flexibility index (Phi) is 5.82. The standard InChI is InChI=1S/C13H17ClN2O/c1-16(7-3-2-4-8-17)13-6-5-11(10-15)9-12(13)14/h5-6,9,17H,2-4,7-8H2,1H3. The van der Waals surface area contributed by atoms with E-state index in [0.29, 0.717) is 10.6 Å². The number of anilines is 1. The summed E-state index contributed by atoms with van der Waals surface area (Å²) >= 11 is 6.11. The van der Waals surface area contributed by atoms with Gasteiger partial charge in [0.05, 0.1) is 22.3 Å². The van der Waals surface area contributed by atoms with Crippen molar-refractivity contribution in [1.29, 1.82) is 5.26 Å². The molecule has 1 aromatic carbocycles. The molecule has 1 N–H and O–H groups in total. The molecule has 0 bridgehead atoms. The summed E-state index contributed by atoms with van der Waals surface area (Å²) in [4.78, 5) is 2.07. The minimum Gasteiger partial charge on any atom is -0.396 e. The molecule has 0 unspecified atom stereocenters. The molecule has 1 aromatic rings. The highest BCUT2D eigenvalue weighted by Crippen LogP contribution is 2.26. The van der Waals surface area contributed by atoms with E-state index in [0.717, 1.165) is 31.5 Å². The van der Waals surface area contributed by atoms with Crippen molar-refractivity contribution in [3.05, 3.63) is 28.8 Å². The first-order valence-corrected chi connectivity index (χ1v) is 6.08. The zero-order valence-corrected chi connectivity index (χ0v) is 10.7. The first kappa shape index (κ1) is 13.8. The molecule has 0 spiro atoms. The maximum absolute atomic E-state index is 8.75. The van der Waals surface area contributed by atoms with Gasteiger partial charge in [-0.25, -0.2) is 0 Å². The second-order valence-corrected chi connectivity index (χ2v) is 4.39. The molecule has 0 saturated heterocycles. The van der Waals surface area contributed by atoms with Crippen molar-refractivity contribution >= 4 is 17.3 Å². The quantitative estimate of drug-likeness (QED) is 0.792. The van der Waals surface area contributed by atoms with Crippen molar-refractivity contribution in [2.45, 2.75) is 19.3 Å². The predicted octanol–water partition coefficient (Wildman–Crippen LogP) is 2.81. The summed E-state index contributed by atoms with van der Waals surface area (Å²) in [5, 5.41) is 18.0. The van der Waals surface area contributed by atoms with Crippen LogP contribution >= 0.6 is 11.6 Å². The molecule has 4 heteroatoms. The Morgan fingerprint density at radius 1 is 1.35 bits per heavy atom. The number of nitrogens with zero attached hydrogens (tertiary/aromatic N) is 2. The molecule has 92 valence electrons. The Morgan fingerprint density at radius 3 is 2.71 bits per heavy atom. The van der Waals surface area contributed by atoms with Crippen molar-refractivity contribution in [3.8, 4) is 6.07 Å². The molecular formula is C13H17ClN2O. The average Bonchev–Trinajstić information content (AvgIpc) is 2.34. The number of aliphatic hydroxyl groups is 1. The van der Waals surface area contributed by atoms with Gasteiger partial charge < -0.3 is 10.0 Å². The third-order valence-corrected chi connectivity index (χ3v) is 2.94. The monoisotopic (exact) mass is 252 g/mol. The van der Waals surface area contributed by atoms with Gasteiger partial charge in [0, 0.05) is 20.2 Å². The first-order chi connectivity index (χ1) is 8.19. The Bertz CT molecular complexity index is 401. The fourth-order valence-corrected chi connectivity index (χ4v) is 1.97. The zero-order valence-electron chi connectivity index (χ0n) is 9.99. The van der Waals surface area contributed by atoms with E-state index in [2.05, 4.69) is 11.0 Å². The van der Waals surface area contributed by atoms with Crippen molar-refractivity contribution < 1.29 is 5.11 Å². The van der Waals surface area contributed by atoms with Gasteiger partial charge in [-0.1, -0.05) is 11.6 Å². The number of hydrogen-bond donors (Lipinski definition) is 1. The van der Waals surface area contributed by atoms with E-state index < -0.39 is 0 Å². The number of halogens is 1. The third-order valence-electron chi connectivity index (χ3n) is 2.64. The summed E-state index contributed by atoms with van der Waals surface area (Å²) in [5.74, 6) is 0. The van der Waals surface area contributed by atoms with Crippen molar-refractivity contribution in [1.82, 2.24) is 0 Å². The summed E-state index contributed by atoms with van der Waals surface area (Å²) in [6.45, 7) is 1.15. The fourth-order valence-electron chi connectivity index (χ4n) is 1.64. The van der Waals surface area contributed by atoms with E-state index in [1.165, 1.54) is 0 Å². The van der Waals surface area contributed by atoms with E-state index in [1.54, 1.807) is 12.1 Å². The molecule has 0 fully saturated rings. The molecule has 0 aliphatic heterocycles. The lowest BCUT2D eigenvalue weighted by molar-refractivity contribution is 0.283. The summed E-state index contributed by atoms with van der Waals surface area (Å²) < 4.78 is 0. The second kappa shape index (κ2) is 7.16. The van der Waals surface area contributed by atoms with Crippen LogP contribution in [-0.2, 0) is 0 Å². The molecule has 3 nitrogen and oxygen atoms in total. The van der Waals surface area contributed by atoms with Crippen LogP contribution < -0.4 is 4.90 Å². The van der Waals surface area contributed by atoms with Crippen LogP contribution in [0.15, 0.2) is 18.2 Å². The SMILES string of the molecule is CN(CCCCCO)c1ccc(C#N)cc1Cl. The van der Waals surface area contributed by atoms with Crippen LogP contribution in [0.1, 0.15) is 24.8 Å². The summed E-state index contributed by atoms with van der Waals surface area (Å²) in [7, 11) is 1.98. The van der Waals surface area contributed by atoms with Gasteiger partial charge in [-0.15, -0.1) is 0 Å². The van der Waals surface area contributed by atoms with Crippen LogP contribution in [0, 0.1) is 11.3 Å². The van der Waals surface area contributed by atoms with Crippen molar-refractivity contribution in [3.63, 3.8) is 0 Å². The second-order valence-electron chi connectivity index (χ2n) is 3.98. The maximum atomic E-state index is 8.75. The van der Waals surface area contributed by atoms with Crippen LogP contribution in [0.3, 0.4) is 0 Å². The number of nitriles is 1. The molecule has 17 heavy (non-hydrogen) atoms. The van der Waals surface area contributed by atoms with Crippen LogP contribution in [0.5, 0.6) is 0 Å². The molecule has 1 rings (SSSR count). The Balaban J connectivity index is 2.57. The lowest BCUT2D eigenvalue weighted by Gasteiger charge is -2.20. The van der Waals surface area contributed by atoms with Gasteiger partial charge in [-0.2, -0.15) is 5.26 Å². The maximum Gasteiger partial charge on any atom is 0.0992 e. The van der Waals surface area contributed by atoms with E-state index in [1.807, 2.05) is 13.1 Å². The van der Waals surface area contributed by atoms with Gasteiger partial charge in [0.25, 0.3) is 0 Å². The van der Waals surface area contributed by atoms with Crippen LogP contribution in [-0.4, -0.2) is 25.3 Å². The van der Waals surface area contributed by atoms with Crippen LogP contribution in [0.4, 0.5) is 5.69 Å². The van der Waals surface area contributed by atoms with Gasteiger partial charge in [0.15, 0.2) is 0 Å². The Labute approximate surface area is 107 Å². The lowest BCUT2D eigenvalue weighted by Crippen LogP contribution is -2.18. The number of rotatable bonds is 6.